The molecule has 0 bridgehead atoms. The maximum absolute atomic E-state index is 11.4. The molecule has 0 radical (unpaired) electrons. The molecule has 1 heterocycles. The minimum Gasteiger partial charge on any atom is -0.493 e. The number of hydrogen-bond acceptors (Lipinski definition) is 7. The topological polar surface area (TPSA) is 69.6 Å². The van der Waals surface area contributed by atoms with E-state index < -0.39 is 6.10 Å². The molecule has 0 aliphatic carbocycles. The van der Waals surface area contributed by atoms with Gasteiger partial charge >= 0.3 is 0 Å². The average Bonchev–Trinajstić information content (AvgIpc) is 3.04. The van der Waals surface area contributed by atoms with Gasteiger partial charge < -0.3 is 28.8 Å². The largest absolute Gasteiger partial charge is 0.493 e. The van der Waals surface area contributed by atoms with Crippen LogP contribution >= 0.6 is 0 Å². The number of nitrogens with zero attached hydrogens (tertiary/aromatic N) is 1. The van der Waals surface area contributed by atoms with Crippen molar-refractivity contribution in [3.05, 3.63) is 101 Å². The molecule has 2 atom stereocenters. The monoisotopic (exact) mass is 569 g/mol. The fraction of sp³-hybridized carbons (Fsp3) is 0.314. The Hall–Kier alpha value is -4.20. The number of fused-ring (bicyclic) bond motifs is 1. The van der Waals surface area contributed by atoms with Crippen molar-refractivity contribution in [2.75, 3.05) is 48.6 Å². The molecule has 42 heavy (non-hydrogen) atoms. The zero-order valence-electron chi connectivity index (χ0n) is 24.9. The van der Waals surface area contributed by atoms with Crippen molar-refractivity contribution in [3.63, 3.8) is 0 Å². The van der Waals surface area contributed by atoms with Gasteiger partial charge in [-0.3, -0.25) is 4.90 Å². The third-order valence-corrected chi connectivity index (χ3v) is 8.08. The Morgan fingerprint density at radius 3 is 1.90 bits per heavy atom. The van der Waals surface area contributed by atoms with E-state index in [1.165, 1.54) is 5.56 Å². The molecule has 7 heteroatoms. The van der Waals surface area contributed by atoms with Crippen LogP contribution in [0, 0.1) is 0 Å². The highest BCUT2D eigenvalue weighted by Gasteiger charge is 2.31. The standard InChI is InChI=1S/C35H39NO6/c1-38-31-20-27-15-16-36(22-30(37)26-13-11-25(12-14-26)24-9-7-6-8-10-24)29(28(27)21-32(31)39-2)17-23-18-33(40-3)35(42-5)34(19-23)41-4/h6-14,18-21,29-30,37H,15-17,22H2,1-5H3. The van der Waals surface area contributed by atoms with Gasteiger partial charge in [0.25, 0.3) is 0 Å². The van der Waals surface area contributed by atoms with Crippen LogP contribution in [-0.2, 0) is 12.8 Å². The normalized spacial score (nSPS) is 15.4. The lowest BCUT2D eigenvalue weighted by Crippen LogP contribution is -2.39. The predicted octanol–water partition coefficient (Wildman–Crippen LogP) is 6.27. The molecule has 0 amide bonds. The fourth-order valence-electron chi connectivity index (χ4n) is 5.87. The van der Waals surface area contributed by atoms with Crippen LogP contribution < -0.4 is 23.7 Å². The van der Waals surface area contributed by atoms with Crippen molar-refractivity contribution >= 4 is 0 Å². The lowest BCUT2D eigenvalue weighted by atomic mass is 9.87. The Morgan fingerprint density at radius 2 is 1.31 bits per heavy atom. The molecule has 1 aliphatic rings. The van der Waals surface area contributed by atoms with Gasteiger partial charge in [-0.05, 0) is 70.5 Å². The van der Waals surface area contributed by atoms with E-state index in [1.54, 1.807) is 35.5 Å². The zero-order chi connectivity index (χ0) is 29.6. The Balaban J connectivity index is 1.47. The summed E-state index contributed by atoms with van der Waals surface area (Å²) in [5, 5.41) is 11.4. The van der Waals surface area contributed by atoms with Crippen LogP contribution in [0.25, 0.3) is 11.1 Å². The first-order chi connectivity index (χ1) is 20.5. The SMILES string of the molecule is COc1cc2c(cc1OC)C(Cc1cc(OC)c(OC)c(OC)c1)N(CC(O)c1ccc(-c3ccccc3)cc1)CC2. The van der Waals surface area contributed by atoms with Crippen molar-refractivity contribution in [1.82, 2.24) is 4.90 Å². The van der Waals surface area contributed by atoms with Gasteiger partial charge in [0.2, 0.25) is 5.75 Å². The van der Waals surface area contributed by atoms with Crippen molar-refractivity contribution in [3.8, 4) is 39.9 Å². The fourth-order valence-corrected chi connectivity index (χ4v) is 5.87. The third kappa shape index (κ3) is 6.03. The molecular formula is C35H39NO6. The Kier molecular flexibility index (Phi) is 9.20. The third-order valence-electron chi connectivity index (χ3n) is 8.08. The summed E-state index contributed by atoms with van der Waals surface area (Å²) in [6.45, 7) is 1.27. The predicted molar refractivity (Wildman–Crippen MR) is 164 cm³/mol. The number of β-amino-alcohol motifs (C(OH)–C–C–N with tert-alkyl or cyclic N) is 1. The molecule has 4 aromatic rings. The smallest absolute Gasteiger partial charge is 0.203 e. The van der Waals surface area contributed by atoms with Gasteiger partial charge in [0.15, 0.2) is 23.0 Å². The molecule has 7 nitrogen and oxygen atoms in total. The molecule has 0 saturated carbocycles. The van der Waals surface area contributed by atoms with Crippen LogP contribution in [0.15, 0.2) is 78.9 Å². The highest BCUT2D eigenvalue weighted by Crippen LogP contribution is 2.43. The maximum atomic E-state index is 11.4. The highest BCUT2D eigenvalue weighted by atomic mass is 16.5. The maximum Gasteiger partial charge on any atom is 0.203 e. The first-order valence-corrected chi connectivity index (χ1v) is 14.1. The molecule has 2 unspecified atom stereocenters. The van der Waals surface area contributed by atoms with Crippen molar-refractivity contribution < 1.29 is 28.8 Å². The first-order valence-electron chi connectivity index (χ1n) is 14.1. The molecule has 1 N–H and O–H groups in total. The molecular weight excluding hydrogens is 530 g/mol. The van der Waals surface area contributed by atoms with Crippen LogP contribution in [0.5, 0.6) is 28.7 Å². The van der Waals surface area contributed by atoms with E-state index in [4.69, 9.17) is 23.7 Å². The number of ether oxygens (including phenoxy) is 5. The van der Waals surface area contributed by atoms with Crippen LogP contribution in [0.1, 0.15) is 34.4 Å². The number of rotatable bonds is 11. The summed E-state index contributed by atoms with van der Waals surface area (Å²) in [4.78, 5) is 2.35. The lowest BCUT2D eigenvalue weighted by molar-refractivity contribution is 0.0807. The van der Waals surface area contributed by atoms with E-state index in [0.717, 1.165) is 46.5 Å². The second-order valence-corrected chi connectivity index (χ2v) is 10.4. The van der Waals surface area contributed by atoms with E-state index in [0.29, 0.717) is 36.0 Å². The molecule has 5 rings (SSSR count). The summed E-state index contributed by atoms with van der Waals surface area (Å²) in [5.41, 5.74) is 6.56. The Labute approximate surface area is 248 Å². The number of aliphatic hydroxyl groups excluding tert-OH is 1. The van der Waals surface area contributed by atoms with Gasteiger partial charge in [0, 0.05) is 19.1 Å². The van der Waals surface area contributed by atoms with Gasteiger partial charge in [-0.1, -0.05) is 54.6 Å². The minimum absolute atomic E-state index is 0.0328. The molecule has 0 fully saturated rings. The number of aliphatic hydroxyl groups is 1. The second kappa shape index (κ2) is 13.2. The lowest BCUT2D eigenvalue weighted by Gasteiger charge is -2.39. The summed E-state index contributed by atoms with van der Waals surface area (Å²) in [7, 11) is 8.17. The molecule has 1 aliphatic heterocycles. The Bertz CT molecular complexity index is 1460. The number of benzene rings is 4. The van der Waals surface area contributed by atoms with Crippen LogP contribution in [-0.4, -0.2) is 58.6 Å². The van der Waals surface area contributed by atoms with E-state index in [1.807, 2.05) is 42.5 Å². The number of hydrogen-bond donors (Lipinski definition) is 1. The minimum atomic E-state index is -0.654. The van der Waals surface area contributed by atoms with Gasteiger partial charge in [-0.15, -0.1) is 0 Å². The summed E-state index contributed by atoms with van der Waals surface area (Å²) < 4.78 is 28.1. The molecule has 0 saturated heterocycles. The number of methoxy groups -OCH3 is 5. The van der Waals surface area contributed by atoms with Crippen molar-refractivity contribution in [2.45, 2.75) is 25.0 Å². The van der Waals surface area contributed by atoms with E-state index in [2.05, 4.69) is 41.3 Å². The highest BCUT2D eigenvalue weighted by molar-refractivity contribution is 5.63. The molecule has 4 aromatic carbocycles. The van der Waals surface area contributed by atoms with Gasteiger partial charge in [-0.2, -0.15) is 0 Å². The molecule has 0 aromatic heterocycles. The van der Waals surface area contributed by atoms with Crippen LogP contribution in [0.2, 0.25) is 0 Å². The van der Waals surface area contributed by atoms with E-state index in [9.17, 15) is 5.11 Å². The van der Waals surface area contributed by atoms with Crippen molar-refractivity contribution in [2.24, 2.45) is 0 Å². The van der Waals surface area contributed by atoms with Crippen molar-refractivity contribution in [1.29, 1.82) is 0 Å². The van der Waals surface area contributed by atoms with Crippen LogP contribution in [0.3, 0.4) is 0 Å². The second-order valence-electron chi connectivity index (χ2n) is 10.4. The Morgan fingerprint density at radius 1 is 0.714 bits per heavy atom. The first kappa shape index (κ1) is 29.3. The summed E-state index contributed by atoms with van der Waals surface area (Å²) in [5.74, 6) is 3.19. The van der Waals surface area contributed by atoms with E-state index >= 15 is 0 Å². The summed E-state index contributed by atoms with van der Waals surface area (Å²) >= 11 is 0. The van der Waals surface area contributed by atoms with E-state index in [-0.39, 0.29) is 6.04 Å². The average molecular weight is 570 g/mol. The molecule has 220 valence electrons. The quantitative estimate of drug-likeness (QED) is 0.228. The van der Waals surface area contributed by atoms with Crippen LogP contribution in [0.4, 0.5) is 0 Å². The summed E-state index contributed by atoms with van der Waals surface area (Å²) in [6, 6.07) is 26.6. The van der Waals surface area contributed by atoms with Gasteiger partial charge in [0.1, 0.15) is 0 Å². The van der Waals surface area contributed by atoms with Gasteiger partial charge in [0.05, 0.1) is 41.7 Å². The van der Waals surface area contributed by atoms with Gasteiger partial charge in [-0.25, -0.2) is 0 Å². The molecule has 0 spiro atoms. The summed E-state index contributed by atoms with van der Waals surface area (Å²) in [6.07, 6.45) is 0.846. The zero-order valence-corrected chi connectivity index (χ0v) is 24.9.